The molecule has 0 saturated heterocycles. The van der Waals surface area contributed by atoms with Crippen molar-refractivity contribution >= 4 is 10.8 Å². The van der Waals surface area contributed by atoms with Gasteiger partial charge in [-0.2, -0.15) is 0 Å². The molecule has 0 N–H and O–H groups in total. The maximum absolute atomic E-state index is 14.1. The van der Waals surface area contributed by atoms with E-state index in [1.807, 2.05) is 30.3 Å². The van der Waals surface area contributed by atoms with Crippen molar-refractivity contribution in [1.29, 1.82) is 0 Å². The second-order valence-corrected chi connectivity index (χ2v) is 5.79. The molecule has 1 heterocycles. The van der Waals surface area contributed by atoms with E-state index in [9.17, 15) is 4.39 Å². The number of hydrogen-bond acceptors (Lipinski definition) is 2. The first-order chi connectivity index (χ1) is 9.66. The van der Waals surface area contributed by atoms with Crippen molar-refractivity contribution in [3.05, 3.63) is 60.4 Å². The molecule has 1 aromatic heterocycles. The van der Waals surface area contributed by atoms with Crippen LogP contribution in [0.25, 0.3) is 10.8 Å². The molecule has 0 amide bonds. The van der Waals surface area contributed by atoms with Crippen molar-refractivity contribution in [2.75, 3.05) is 0 Å². The second kappa shape index (κ2) is 3.92. The molecule has 1 saturated carbocycles. The summed E-state index contributed by atoms with van der Waals surface area (Å²) in [5, 5.41) is 1.93. The third kappa shape index (κ3) is 1.73. The number of nitrogens with zero attached hydrogens (tertiary/aromatic N) is 1. The zero-order chi connectivity index (χ0) is 13.7. The Morgan fingerprint density at radius 1 is 1.35 bits per heavy atom. The van der Waals surface area contributed by atoms with Gasteiger partial charge >= 0.3 is 0 Å². The number of rotatable bonds is 2. The normalized spacial score (nSPS) is 27.6. The molecule has 0 radical (unpaired) electrons. The molecule has 2 aromatic rings. The summed E-state index contributed by atoms with van der Waals surface area (Å²) in [6, 6.07) is 7.61. The van der Waals surface area contributed by atoms with Crippen LogP contribution in [0.2, 0.25) is 0 Å². The average molecular weight is 267 g/mol. The molecule has 1 fully saturated rings. The fourth-order valence-corrected chi connectivity index (χ4v) is 2.84. The van der Waals surface area contributed by atoms with Crippen molar-refractivity contribution in [2.45, 2.75) is 13.3 Å². The number of allylic oxidation sites excluding steroid dienone is 3. The monoisotopic (exact) mass is 267 g/mol. The lowest BCUT2D eigenvalue weighted by Crippen LogP contribution is -2.06. The van der Waals surface area contributed by atoms with Gasteiger partial charge in [0.05, 0.1) is 0 Å². The summed E-state index contributed by atoms with van der Waals surface area (Å²) in [5.74, 6) is 1.17. The van der Waals surface area contributed by atoms with E-state index in [2.05, 4.69) is 11.9 Å². The molecular formula is C17H14FNO. The number of fused-ring (bicyclic) bond motifs is 2. The maximum atomic E-state index is 14.1. The third-order valence-corrected chi connectivity index (χ3v) is 4.25. The lowest BCUT2D eigenvalue weighted by molar-refractivity contribution is 0.392. The molecule has 2 aliphatic rings. The third-order valence-electron chi connectivity index (χ3n) is 4.25. The molecule has 100 valence electrons. The minimum absolute atomic E-state index is 0.0135. The highest BCUT2D eigenvalue weighted by Gasteiger charge is 2.50. The van der Waals surface area contributed by atoms with Crippen LogP contribution < -0.4 is 4.74 Å². The number of benzene rings is 1. The predicted octanol–water partition coefficient (Wildman–Crippen LogP) is 4.39. The summed E-state index contributed by atoms with van der Waals surface area (Å²) < 4.78 is 19.9. The van der Waals surface area contributed by atoms with Gasteiger partial charge in [0, 0.05) is 23.2 Å². The van der Waals surface area contributed by atoms with Crippen LogP contribution in [0.15, 0.2) is 60.4 Å². The summed E-state index contributed by atoms with van der Waals surface area (Å²) in [4.78, 5) is 4.09. The zero-order valence-corrected chi connectivity index (χ0v) is 11.1. The van der Waals surface area contributed by atoms with Crippen molar-refractivity contribution in [1.82, 2.24) is 4.98 Å². The highest BCUT2D eigenvalue weighted by Crippen LogP contribution is 2.58. The first kappa shape index (κ1) is 11.6. The summed E-state index contributed by atoms with van der Waals surface area (Å²) >= 11 is 0. The average Bonchev–Trinajstić information content (AvgIpc) is 3.09. The number of pyridine rings is 1. The van der Waals surface area contributed by atoms with Gasteiger partial charge in [-0.3, -0.25) is 4.98 Å². The van der Waals surface area contributed by atoms with Crippen LogP contribution in [0.5, 0.6) is 5.75 Å². The molecule has 2 aliphatic carbocycles. The fourth-order valence-electron chi connectivity index (χ4n) is 2.84. The Bertz CT molecular complexity index is 759. The van der Waals surface area contributed by atoms with Crippen molar-refractivity contribution in [3.63, 3.8) is 0 Å². The van der Waals surface area contributed by atoms with Gasteiger partial charge in [-0.1, -0.05) is 19.1 Å². The molecule has 0 aliphatic heterocycles. The van der Waals surface area contributed by atoms with Crippen LogP contribution in [0.1, 0.15) is 13.3 Å². The molecule has 2 atom stereocenters. The van der Waals surface area contributed by atoms with Crippen molar-refractivity contribution in [3.8, 4) is 5.75 Å². The molecule has 0 spiro atoms. The second-order valence-electron chi connectivity index (χ2n) is 5.79. The van der Waals surface area contributed by atoms with Gasteiger partial charge in [0.2, 0.25) is 0 Å². The van der Waals surface area contributed by atoms with Crippen molar-refractivity contribution in [2.24, 2.45) is 11.3 Å². The van der Waals surface area contributed by atoms with Gasteiger partial charge in [-0.25, -0.2) is 4.39 Å². The molecule has 2 unspecified atom stereocenters. The van der Waals surface area contributed by atoms with Gasteiger partial charge in [-0.05, 0) is 42.0 Å². The lowest BCUT2D eigenvalue weighted by Gasteiger charge is -2.15. The summed E-state index contributed by atoms with van der Waals surface area (Å²) in [5.41, 5.74) is 0.0135. The minimum atomic E-state index is -0.257. The standard InChI is InChI=1S/C17H14FNO/c1-17-8-12(17)7-16(14(18)9-17)20-15-4-2-3-11-10-19-6-5-13(11)15/h2-7,9-10,12H,8H2,1H3. The van der Waals surface area contributed by atoms with Crippen LogP contribution >= 0.6 is 0 Å². The van der Waals surface area contributed by atoms with Gasteiger partial charge < -0.3 is 4.74 Å². The molecule has 3 heteroatoms. The Labute approximate surface area is 116 Å². The first-order valence-electron chi connectivity index (χ1n) is 6.77. The van der Waals surface area contributed by atoms with Crippen LogP contribution in [0.4, 0.5) is 4.39 Å². The first-order valence-corrected chi connectivity index (χ1v) is 6.77. The van der Waals surface area contributed by atoms with Crippen molar-refractivity contribution < 1.29 is 9.13 Å². The van der Waals surface area contributed by atoms with E-state index in [1.165, 1.54) is 0 Å². The van der Waals surface area contributed by atoms with E-state index < -0.39 is 0 Å². The van der Waals surface area contributed by atoms with Gasteiger partial charge in [-0.15, -0.1) is 0 Å². The van der Waals surface area contributed by atoms with Crippen LogP contribution in [-0.4, -0.2) is 4.98 Å². The fraction of sp³-hybridized carbons (Fsp3) is 0.235. The van der Waals surface area contributed by atoms with E-state index in [1.54, 1.807) is 18.5 Å². The molecule has 2 nitrogen and oxygen atoms in total. The highest BCUT2D eigenvalue weighted by atomic mass is 19.1. The number of aromatic nitrogens is 1. The van der Waals surface area contributed by atoms with E-state index in [0.29, 0.717) is 17.4 Å². The number of hydrogen-bond donors (Lipinski definition) is 0. The number of halogens is 1. The smallest absolute Gasteiger partial charge is 0.161 e. The van der Waals surface area contributed by atoms with Gasteiger partial charge in [0.25, 0.3) is 0 Å². The van der Waals surface area contributed by atoms with Crippen LogP contribution in [0, 0.1) is 11.3 Å². The summed E-state index contributed by atoms with van der Waals surface area (Å²) in [6.45, 7) is 2.08. The Balaban J connectivity index is 1.72. The largest absolute Gasteiger partial charge is 0.454 e. The van der Waals surface area contributed by atoms with E-state index in [4.69, 9.17) is 4.74 Å². The van der Waals surface area contributed by atoms with Crippen LogP contribution in [-0.2, 0) is 0 Å². The predicted molar refractivity (Wildman–Crippen MR) is 75.9 cm³/mol. The molecule has 1 aromatic carbocycles. The Morgan fingerprint density at radius 3 is 3.15 bits per heavy atom. The van der Waals surface area contributed by atoms with Gasteiger partial charge in [0.1, 0.15) is 5.75 Å². The van der Waals surface area contributed by atoms with E-state index >= 15 is 0 Å². The van der Waals surface area contributed by atoms with E-state index in [-0.39, 0.29) is 11.2 Å². The quantitative estimate of drug-likeness (QED) is 0.805. The van der Waals surface area contributed by atoms with E-state index in [0.717, 1.165) is 17.2 Å². The molecule has 0 bridgehead atoms. The highest BCUT2D eigenvalue weighted by molar-refractivity contribution is 5.87. The zero-order valence-electron chi connectivity index (χ0n) is 11.1. The number of ether oxygens (including phenoxy) is 1. The Kier molecular flexibility index (Phi) is 2.28. The topological polar surface area (TPSA) is 22.1 Å². The minimum Gasteiger partial charge on any atom is -0.454 e. The van der Waals surface area contributed by atoms with Gasteiger partial charge in [0.15, 0.2) is 11.6 Å². The SMILES string of the molecule is CC12C=C(F)C(Oc3cccc4cnccc34)=CC1C2. The molecule has 4 rings (SSSR count). The summed E-state index contributed by atoms with van der Waals surface area (Å²) in [7, 11) is 0. The molecular weight excluding hydrogens is 253 g/mol. The lowest BCUT2D eigenvalue weighted by atomic mass is 10.0. The van der Waals surface area contributed by atoms with Crippen LogP contribution in [0.3, 0.4) is 0 Å². The molecule has 20 heavy (non-hydrogen) atoms. The maximum Gasteiger partial charge on any atom is 0.161 e. The Hall–Kier alpha value is -2.16. The Morgan fingerprint density at radius 2 is 2.25 bits per heavy atom. The summed E-state index contributed by atoms with van der Waals surface area (Å²) in [6.07, 6.45) is 8.11.